The highest BCUT2D eigenvalue weighted by Crippen LogP contribution is 2.20. The Bertz CT molecular complexity index is 1350. The van der Waals surface area contributed by atoms with E-state index in [9.17, 15) is 30.0 Å². The number of hydrogen-bond donors (Lipinski definition) is 6. The Hall–Kier alpha value is -4.66. The van der Waals surface area contributed by atoms with E-state index in [4.69, 9.17) is 0 Å². The summed E-state index contributed by atoms with van der Waals surface area (Å²) in [6.07, 6.45) is -2.60. The van der Waals surface area contributed by atoms with Gasteiger partial charge in [-0.2, -0.15) is 0 Å². The Morgan fingerprint density at radius 2 is 0.952 bits per heavy atom. The third-order valence-electron chi connectivity index (χ3n) is 7.05. The maximum absolute atomic E-state index is 13.3. The second kappa shape index (κ2) is 13.8. The summed E-state index contributed by atoms with van der Waals surface area (Å²) in [5.41, 5.74) is 3.43. The smallest absolute Gasteiger partial charge is 0.251 e. The van der Waals surface area contributed by atoms with Crippen molar-refractivity contribution in [1.29, 1.82) is 0 Å². The summed E-state index contributed by atoms with van der Waals surface area (Å²) in [6, 6.07) is 25.5. The molecule has 6 N–H and O–H groups in total. The summed E-state index contributed by atoms with van der Waals surface area (Å²) in [7, 11) is 0. The van der Waals surface area contributed by atoms with Gasteiger partial charge < -0.3 is 31.1 Å². The number of amides is 2. The average Bonchev–Trinajstić information content (AvgIpc) is 2.95. The molecule has 0 aliphatic rings. The molecule has 0 bridgehead atoms. The maximum Gasteiger partial charge on any atom is 0.251 e. The lowest BCUT2D eigenvalue weighted by Crippen LogP contribution is -2.57. The van der Waals surface area contributed by atoms with Gasteiger partial charge in [0.1, 0.15) is 23.7 Å². The van der Waals surface area contributed by atoms with Gasteiger partial charge in [0.25, 0.3) is 11.8 Å². The first-order valence-electron chi connectivity index (χ1n) is 13.8. The van der Waals surface area contributed by atoms with E-state index in [1.807, 2.05) is 60.7 Å². The monoisotopic (exact) mass is 568 g/mol. The number of phenolic OH excluding ortho intramolecular Hbond substituents is 2. The Morgan fingerprint density at radius 3 is 1.29 bits per heavy atom. The van der Waals surface area contributed by atoms with Gasteiger partial charge >= 0.3 is 0 Å². The van der Waals surface area contributed by atoms with Crippen LogP contribution in [0.1, 0.15) is 43.0 Å². The number of rotatable bonds is 11. The van der Waals surface area contributed by atoms with Crippen molar-refractivity contribution in [2.45, 2.75) is 51.0 Å². The van der Waals surface area contributed by atoms with E-state index in [-0.39, 0.29) is 35.5 Å². The van der Waals surface area contributed by atoms with Crippen molar-refractivity contribution in [2.24, 2.45) is 0 Å². The van der Waals surface area contributed by atoms with Gasteiger partial charge in [0.2, 0.25) is 0 Å². The Labute approximate surface area is 245 Å². The van der Waals surface area contributed by atoms with Crippen molar-refractivity contribution in [3.8, 4) is 11.5 Å². The highest BCUT2D eigenvalue weighted by atomic mass is 16.3. The molecular formula is C34H36N2O6. The van der Waals surface area contributed by atoms with Crippen molar-refractivity contribution in [3.63, 3.8) is 0 Å². The molecule has 4 atom stereocenters. The number of aliphatic hydroxyl groups excluding tert-OH is 2. The molecule has 0 heterocycles. The number of nitrogens with one attached hydrogen (secondary N) is 2. The fourth-order valence-electron chi connectivity index (χ4n) is 5.02. The summed E-state index contributed by atoms with van der Waals surface area (Å²) in [5, 5.41) is 48.8. The van der Waals surface area contributed by atoms with Gasteiger partial charge in [-0.1, -0.05) is 60.7 Å². The Morgan fingerprint density at radius 1 is 0.595 bits per heavy atom. The number of aliphatic hydroxyl groups is 2. The molecule has 4 aromatic carbocycles. The number of phenols is 2. The normalized spacial score (nSPS) is 13.9. The van der Waals surface area contributed by atoms with Gasteiger partial charge in [-0.15, -0.1) is 0 Å². The first-order chi connectivity index (χ1) is 20.1. The quantitative estimate of drug-likeness (QED) is 0.163. The van der Waals surface area contributed by atoms with Crippen LogP contribution in [0.5, 0.6) is 11.5 Å². The number of aryl methyl sites for hydroxylation is 2. The molecule has 0 fully saturated rings. The lowest BCUT2D eigenvalue weighted by molar-refractivity contribution is -0.0219. The third-order valence-corrected chi connectivity index (χ3v) is 7.05. The minimum absolute atomic E-state index is 0.0619. The maximum atomic E-state index is 13.3. The van der Waals surface area contributed by atoms with E-state index >= 15 is 0 Å². The first kappa shape index (κ1) is 30.3. The van der Waals surface area contributed by atoms with E-state index in [0.29, 0.717) is 11.1 Å². The van der Waals surface area contributed by atoms with Crippen molar-refractivity contribution in [3.05, 3.63) is 130 Å². The van der Waals surface area contributed by atoms with E-state index in [0.717, 1.165) is 11.1 Å². The molecule has 42 heavy (non-hydrogen) atoms. The summed E-state index contributed by atoms with van der Waals surface area (Å²) in [5.74, 6) is -1.18. The molecule has 218 valence electrons. The zero-order chi connectivity index (χ0) is 30.2. The minimum atomic E-state index is -1.49. The van der Waals surface area contributed by atoms with E-state index < -0.39 is 36.1 Å². The van der Waals surface area contributed by atoms with Gasteiger partial charge in [0.15, 0.2) is 0 Å². The molecule has 2 amide bonds. The highest BCUT2D eigenvalue weighted by Gasteiger charge is 2.35. The number of carbonyl (C=O) groups is 2. The van der Waals surface area contributed by atoms with Crippen molar-refractivity contribution < 1.29 is 30.0 Å². The topological polar surface area (TPSA) is 139 Å². The van der Waals surface area contributed by atoms with Crippen LogP contribution in [-0.4, -0.2) is 56.5 Å². The lowest BCUT2D eigenvalue weighted by Gasteiger charge is -2.33. The summed E-state index contributed by atoms with van der Waals surface area (Å²) < 4.78 is 0. The van der Waals surface area contributed by atoms with E-state index in [1.54, 1.807) is 26.0 Å². The third kappa shape index (κ3) is 8.19. The fraction of sp³-hybridized carbons (Fsp3) is 0.235. The number of carbonyl (C=O) groups excluding carboxylic acids is 2. The van der Waals surface area contributed by atoms with Crippen LogP contribution in [0.2, 0.25) is 0 Å². The van der Waals surface area contributed by atoms with Crippen LogP contribution in [0.4, 0.5) is 0 Å². The Kier molecular flexibility index (Phi) is 9.96. The fourth-order valence-corrected chi connectivity index (χ4v) is 5.02. The number of hydrogen-bond acceptors (Lipinski definition) is 6. The van der Waals surface area contributed by atoms with Crippen molar-refractivity contribution in [2.75, 3.05) is 0 Å². The predicted octanol–water partition coefficient (Wildman–Crippen LogP) is 3.82. The molecule has 0 aliphatic carbocycles. The van der Waals surface area contributed by atoms with Crippen LogP contribution < -0.4 is 10.6 Å². The molecule has 8 heteroatoms. The van der Waals surface area contributed by atoms with Crippen LogP contribution in [-0.2, 0) is 12.8 Å². The zero-order valence-electron chi connectivity index (χ0n) is 23.6. The second-order valence-corrected chi connectivity index (χ2v) is 10.6. The molecule has 0 aliphatic heterocycles. The molecule has 0 spiro atoms. The van der Waals surface area contributed by atoms with Gasteiger partial charge in [-0.25, -0.2) is 0 Å². The Balaban J connectivity index is 1.63. The number of aromatic hydroxyl groups is 2. The first-order valence-corrected chi connectivity index (χ1v) is 13.8. The molecule has 0 radical (unpaired) electrons. The molecular weight excluding hydrogens is 532 g/mol. The second-order valence-electron chi connectivity index (χ2n) is 10.6. The summed E-state index contributed by atoms with van der Waals surface area (Å²) in [6.45, 7) is 3.50. The molecule has 0 saturated heterocycles. The van der Waals surface area contributed by atoms with Crippen molar-refractivity contribution >= 4 is 11.8 Å². The van der Waals surface area contributed by atoms with Crippen molar-refractivity contribution in [1.82, 2.24) is 10.6 Å². The average molecular weight is 569 g/mol. The zero-order valence-corrected chi connectivity index (χ0v) is 23.6. The number of benzene rings is 4. The van der Waals surface area contributed by atoms with Crippen LogP contribution in [0.25, 0.3) is 0 Å². The van der Waals surface area contributed by atoms with Crippen LogP contribution >= 0.6 is 0 Å². The lowest BCUT2D eigenvalue weighted by atomic mass is 9.90. The van der Waals surface area contributed by atoms with Gasteiger partial charge in [-0.3, -0.25) is 9.59 Å². The molecule has 4 rings (SSSR count). The van der Waals surface area contributed by atoms with Crippen LogP contribution in [0.3, 0.4) is 0 Å². The minimum Gasteiger partial charge on any atom is -0.508 e. The van der Waals surface area contributed by atoms with Gasteiger partial charge in [-0.05, 0) is 85.3 Å². The largest absolute Gasteiger partial charge is 0.508 e. The molecule has 0 aromatic heterocycles. The van der Waals surface area contributed by atoms with Crippen LogP contribution in [0.15, 0.2) is 97.1 Å². The SMILES string of the molecule is Cc1cc(O)cc(C(=O)NC(Cc2ccccc2)C(O)C(O)C(Cc2ccccc2)NC(=O)c2cc(C)cc(O)c2)c1. The standard InChI is InChI=1S/C34H36N2O6/c1-21-13-25(19-27(37)15-21)33(41)35-29(17-23-9-5-3-6-10-23)31(39)32(40)30(18-24-11-7-4-8-12-24)36-34(42)26-14-22(2)16-28(38)20-26/h3-16,19-20,29-32,37-40H,17-18H2,1-2H3,(H,35,41)(H,36,42). The summed E-state index contributed by atoms with van der Waals surface area (Å²) >= 11 is 0. The predicted molar refractivity (Wildman–Crippen MR) is 161 cm³/mol. The highest BCUT2D eigenvalue weighted by molar-refractivity contribution is 5.95. The summed E-state index contributed by atoms with van der Waals surface area (Å²) in [4.78, 5) is 26.5. The molecule has 4 aromatic rings. The molecule has 8 nitrogen and oxygen atoms in total. The molecule has 0 saturated carbocycles. The van der Waals surface area contributed by atoms with Gasteiger partial charge in [0, 0.05) is 11.1 Å². The molecule has 4 unspecified atom stereocenters. The van der Waals surface area contributed by atoms with E-state index in [1.165, 1.54) is 24.3 Å². The van der Waals surface area contributed by atoms with Gasteiger partial charge in [0.05, 0.1) is 12.1 Å². The van der Waals surface area contributed by atoms with Crippen LogP contribution in [0, 0.1) is 13.8 Å². The van der Waals surface area contributed by atoms with E-state index in [2.05, 4.69) is 10.6 Å².